The molecule has 1 aromatic carbocycles. The summed E-state index contributed by atoms with van der Waals surface area (Å²) in [5.41, 5.74) is 0.167. The van der Waals surface area contributed by atoms with Gasteiger partial charge in [0.15, 0.2) is 5.69 Å². The monoisotopic (exact) mass is 250 g/mol. The summed E-state index contributed by atoms with van der Waals surface area (Å²) in [6.07, 6.45) is -1.03. The average Bonchev–Trinajstić information content (AvgIpc) is 2.64. The quantitative estimate of drug-likeness (QED) is 0.874. The largest absolute Gasteiger partial charge is 0.492 e. The molecule has 0 aliphatic rings. The first-order valence-electron chi connectivity index (χ1n) is 5.27. The number of rotatable bonds is 3. The Kier molecular flexibility index (Phi) is 3.01. The molecule has 2 aromatic rings. The number of carbonyl (C=O) groups is 1. The molecule has 18 heavy (non-hydrogen) atoms. The molecule has 6 heteroatoms. The molecule has 2 rings (SSSR count). The van der Waals surface area contributed by atoms with Gasteiger partial charge in [-0.3, -0.25) is 4.57 Å². The molecular weight excluding hydrogens is 239 g/mol. The van der Waals surface area contributed by atoms with Gasteiger partial charge in [0, 0.05) is 0 Å². The Morgan fingerprint density at radius 1 is 1.39 bits per heavy atom. The number of carboxylic acid groups (broad SMARTS) is 1. The van der Waals surface area contributed by atoms with Crippen LogP contribution in [-0.4, -0.2) is 25.7 Å². The molecule has 94 valence electrons. The van der Waals surface area contributed by atoms with E-state index >= 15 is 0 Å². The van der Waals surface area contributed by atoms with Gasteiger partial charge in [0.25, 0.3) is 6.08 Å². The van der Waals surface area contributed by atoms with Crippen LogP contribution >= 0.6 is 0 Å². The molecule has 1 atom stereocenters. The summed E-state index contributed by atoms with van der Waals surface area (Å²) in [7, 11) is 0. The highest BCUT2D eigenvalue weighted by atomic mass is 19.1. The smallest absolute Gasteiger partial charge is 0.358 e. The molecule has 0 aliphatic carbocycles. The molecule has 1 heterocycles. The Hall–Kier alpha value is -2.37. The SMILES string of the molecule is CC(c1ccccc1)n1c(F)nc(O)c1C(=O)O. The minimum atomic E-state index is -1.42. The molecule has 5 nitrogen and oxygen atoms in total. The third-order valence-corrected chi connectivity index (χ3v) is 2.72. The molecule has 0 amide bonds. The van der Waals surface area contributed by atoms with Crippen LogP contribution < -0.4 is 0 Å². The lowest BCUT2D eigenvalue weighted by Gasteiger charge is -2.15. The maximum Gasteiger partial charge on any atom is 0.358 e. The van der Waals surface area contributed by atoms with Crippen molar-refractivity contribution in [2.45, 2.75) is 13.0 Å². The average molecular weight is 250 g/mol. The highest BCUT2D eigenvalue weighted by Crippen LogP contribution is 2.26. The van der Waals surface area contributed by atoms with Gasteiger partial charge in [-0.15, -0.1) is 0 Å². The Bertz CT molecular complexity index is 581. The third-order valence-electron chi connectivity index (χ3n) is 2.72. The second-order valence-corrected chi connectivity index (χ2v) is 3.81. The molecule has 0 aliphatic heterocycles. The fourth-order valence-electron chi connectivity index (χ4n) is 1.83. The summed E-state index contributed by atoms with van der Waals surface area (Å²) in [6.45, 7) is 1.63. The third kappa shape index (κ3) is 1.92. The zero-order valence-corrected chi connectivity index (χ0v) is 9.54. The highest BCUT2D eigenvalue weighted by molar-refractivity contribution is 5.88. The number of nitrogens with zero attached hydrogens (tertiary/aromatic N) is 2. The van der Waals surface area contributed by atoms with Crippen molar-refractivity contribution in [1.82, 2.24) is 9.55 Å². The van der Waals surface area contributed by atoms with Crippen LogP contribution in [0.25, 0.3) is 0 Å². The Morgan fingerprint density at radius 2 is 2.00 bits per heavy atom. The lowest BCUT2D eigenvalue weighted by atomic mass is 10.1. The van der Waals surface area contributed by atoms with E-state index in [9.17, 15) is 14.3 Å². The molecule has 0 radical (unpaired) electrons. The van der Waals surface area contributed by atoms with E-state index < -0.39 is 29.7 Å². The zero-order chi connectivity index (χ0) is 13.3. The summed E-state index contributed by atoms with van der Waals surface area (Å²) >= 11 is 0. The molecular formula is C12H11FN2O3. The van der Waals surface area contributed by atoms with Crippen LogP contribution in [0.5, 0.6) is 5.88 Å². The number of aromatic carboxylic acids is 1. The van der Waals surface area contributed by atoms with Crippen LogP contribution in [0.2, 0.25) is 0 Å². The molecule has 0 saturated heterocycles. The predicted octanol–water partition coefficient (Wildman–Crippen LogP) is 2.04. The van der Waals surface area contributed by atoms with Crippen LogP contribution in [-0.2, 0) is 0 Å². The predicted molar refractivity (Wildman–Crippen MR) is 61.1 cm³/mol. The first-order chi connectivity index (χ1) is 8.52. The Labute approximate surface area is 102 Å². The van der Waals surface area contributed by atoms with Crippen molar-refractivity contribution in [3.05, 3.63) is 47.7 Å². The van der Waals surface area contributed by atoms with Crippen molar-refractivity contribution in [2.75, 3.05) is 0 Å². The molecule has 1 aromatic heterocycles. The van der Waals surface area contributed by atoms with E-state index in [1.54, 1.807) is 37.3 Å². The number of aromatic nitrogens is 2. The normalized spacial score (nSPS) is 12.3. The lowest BCUT2D eigenvalue weighted by Crippen LogP contribution is -2.15. The van der Waals surface area contributed by atoms with Gasteiger partial charge in [0.1, 0.15) is 0 Å². The number of halogens is 1. The molecule has 0 saturated carbocycles. The van der Waals surface area contributed by atoms with Crippen LogP contribution in [0.4, 0.5) is 4.39 Å². The van der Waals surface area contributed by atoms with Crippen molar-refractivity contribution in [3.8, 4) is 5.88 Å². The minimum absolute atomic E-state index is 0.552. The number of benzene rings is 1. The van der Waals surface area contributed by atoms with Gasteiger partial charge < -0.3 is 10.2 Å². The summed E-state index contributed by atoms with van der Waals surface area (Å²) in [5.74, 6) is -2.24. The number of carboxylic acids is 1. The highest BCUT2D eigenvalue weighted by Gasteiger charge is 2.26. The summed E-state index contributed by atoms with van der Waals surface area (Å²) < 4.78 is 14.5. The van der Waals surface area contributed by atoms with Gasteiger partial charge in [0.2, 0.25) is 5.88 Å². The van der Waals surface area contributed by atoms with Gasteiger partial charge in [0.05, 0.1) is 6.04 Å². The van der Waals surface area contributed by atoms with E-state index in [2.05, 4.69) is 4.98 Å². The maximum absolute atomic E-state index is 13.6. The topological polar surface area (TPSA) is 75.3 Å². The van der Waals surface area contributed by atoms with Crippen LogP contribution in [0.15, 0.2) is 30.3 Å². The van der Waals surface area contributed by atoms with Crippen LogP contribution in [0.3, 0.4) is 0 Å². The molecule has 0 fully saturated rings. The Morgan fingerprint density at radius 3 is 2.56 bits per heavy atom. The van der Waals surface area contributed by atoms with E-state index in [1.807, 2.05) is 0 Å². The number of aromatic hydroxyl groups is 1. The van der Waals surface area contributed by atoms with E-state index in [-0.39, 0.29) is 0 Å². The van der Waals surface area contributed by atoms with Gasteiger partial charge >= 0.3 is 5.97 Å². The first kappa shape index (κ1) is 12.1. The van der Waals surface area contributed by atoms with E-state index in [0.29, 0.717) is 0 Å². The summed E-state index contributed by atoms with van der Waals surface area (Å²) in [6, 6.07) is 8.24. The fraction of sp³-hybridized carbons (Fsp3) is 0.167. The van der Waals surface area contributed by atoms with Gasteiger partial charge in [-0.1, -0.05) is 30.3 Å². The van der Waals surface area contributed by atoms with Gasteiger partial charge in [-0.25, -0.2) is 4.79 Å². The van der Waals surface area contributed by atoms with E-state index in [1.165, 1.54) is 0 Å². The number of hydrogen-bond donors (Lipinski definition) is 2. The number of hydrogen-bond acceptors (Lipinski definition) is 3. The van der Waals surface area contributed by atoms with E-state index in [4.69, 9.17) is 5.11 Å². The fourth-order valence-corrected chi connectivity index (χ4v) is 1.83. The van der Waals surface area contributed by atoms with Gasteiger partial charge in [-0.2, -0.15) is 9.37 Å². The molecule has 1 unspecified atom stereocenters. The second-order valence-electron chi connectivity index (χ2n) is 3.81. The minimum Gasteiger partial charge on any atom is -0.492 e. The first-order valence-corrected chi connectivity index (χ1v) is 5.27. The van der Waals surface area contributed by atoms with Crippen LogP contribution in [0.1, 0.15) is 29.0 Å². The van der Waals surface area contributed by atoms with Crippen molar-refractivity contribution in [2.24, 2.45) is 0 Å². The molecule has 0 spiro atoms. The lowest BCUT2D eigenvalue weighted by molar-refractivity contribution is 0.0678. The number of imidazole rings is 1. The maximum atomic E-state index is 13.6. The second kappa shape index (κ2) is 4.48. The van der Waals surface area contributed by atoms with E-state index in [0.717, 1.165) is 10.1 Å². The van der Waals surface area contributed by atoms with Gasteiger partial charge in [-0.05, 0) is 12.5 Å². The van der Waals surface area contributed by atoms with Crippen molar-refractivity contribution >= 4 is 5.97 Å². The summed E-state index contributed by atoms with van der Waals surface area (Å²) in [4.78, 5) is 14.2. The standard InChI is InChI=1S/C12H11FN2O3/c1-7(8-5-3-2-4-6-8)15-9(11(17)18)10(16)14-12(15)13/h2-7,16H,1H3,(H,17,18). The van der Waals surface area contributed by atoms with Crippen molar-refractivity contribution in [3.63, 3.8) is 0 Å². The molecule has 2 N–H and O–H groups in total. The summed E-state index contributed by atoms with van der Waals surface area (Å²) in [5, 5.41) is 18.3. The van der Waals surface area contributed by atoms with Crippen LogP contribution in [0, 0.1) is 6.08 Å². The zero-order valence-electron chi connectivity index (χ0n) is 9.54. The molecule has 0 bridgehead atoms. The van der Waals surface area contributed by atoms with Crippen molar-refractivity contribution < 1.29 is 19.4 Å². The van der Waals surface area contributed by atoms with Crippen molar-refractivity contribution in [1.29, 1.82) is 0 Å². The Balaban J connectivity index is 2.55.